The first-order valence-electron chi connectivity index (χ1n) is 19.8. The molecule has 4 amide bonds. The summed E-state index contributed by atoms with van der Waals surface area (Å²) in [6.07, 6.45) is 18.9. The van der Waals surface area contributed by atoms with Crippen LogP contribution in [0.3, 0.4) is 0 Å². The minimum Gasteiger partial charge on any atom is -0.346 e. The van der Waals surface area contributed by atoms with E-state index in [2.05, 4.69) is 58.6 Å². The van der Waals surface area contributed by atoms with Crippen molar-refractivity contribution in [3.63, 3.8) is 0 Å². The fourth-order valence-corrected chi connectivity index (χ4v) is 8.60. The zero-order chi connectivity index (χ0) is 37.3. The van der Waals surface area contributed by atoms with Crippen molar-refractivity contribution in [1.29, 1.82) is 0 Å². The molecule has 0 bridgehead atoms. The van der Waals surface area contributed by atoms with Gasteiger partial charge in [0.25, 0.3) is 5.91 Å². The predicted molar refractivity (Wildman–Crippen MR) is 198 cm³/mol. The molecule has 4 aliphatic rings. The largest absolute Gasteiger partial charge is 0.346 e. The molecule has 1 saturated heterocycles. The Kier molecular flexibility index (Phi) is 14.0. The van der Waals surface area contributed by atoms with E-state index in [1.807, 2.05) is 0 Å². The van der Waals surface area contributed by atoms with Crippen LogP contribution in [0.4, 0.5) is 0 Å². The van der Waals surface area contributed by atoms with Crippen molar-refractivity contribution in [2.24, 2.45) is 29.1 Å². The summed E-state index contributed by atoms with van der Waals surface area (Å²) in [5.74, 6) is -1.62. The maximum Gasteiger partial charge on any atom is 0.289 e. The van der Waals surface area contributed by atoms with Crippen molar-refractivity contribution in [2.75, 3.05) is 13.1 Å². The molecule has 1 unspecified atom stereocenters. The van der Waals surface area contributed by atoms with Gasteiger partial charge in [0.2, 0.25) is 23.5 Å². The maximum absolute atomic E-state index is 15.0. The van der Waals surface area contributed by atoms with E-state index in [0.29, 0.717) is 25.9 Å². The number of hydrogen-bond donors (Lipinski definition) is 4. The summed E-state index contributed by atoms with van der Waals surface area (Å²) in [4.78, 5) is 79.9. The number of carbonyl (C=O) groups is 5. The summed E-state index contributed by atoms with van der Waals surface area (Å²) in [5, 5.41) is 12.2. The Hall–Kier alpha value is -3.67. The fraction of sp³-hybridized carbons (Fsp3) is 0.725. The first-order chi connectivity index (χ1) is 25.0. The summed E-state index contributed by atoms with van der Waals surface area (Å²) < 4.78 is 0. The van der Waals surface area contributed by atoms with Crippen molar-refractivity contribution >= 4 is 29.4 Å². The van der Waals surface area contributed by atoms with Crippen LogP contribution in [0, 0.1) is 29.1 Å². The Bertz CT molecular complexity index is 1400. The summed E-state index contributed by atoms with van der Waals surface area (Å²) >= 11 is 0. The van der Waals surface area contributed by atoms with Gasteiger partial charge in [0.1, 0.15) is 12.1 Å². The second kappa shape index (κ2) is 18.4. The lowest BCUT2D eigenvalue weighted by Gasteiger charge is -2.43. The molecule has 5 atom stereocenters. The molecule has 12 nitrogen and oxygen atoms in total. The summed E-state index contributed by atoms with van der Waals surface area (Å²) in [6.45, 7) is 10.8. The van der Waals surface area contributed by atoms with Gasteiger partial charge in [-0.1, -0.05) is 78.2 Å². The molecule has 3 saturated carbocycles. The molecular formula is C40H61N7O5. The second-order valence-electron chi connectivity index (χ2n) is 16.5. The van der Waals surface area contributed by atoms with Gasteiger partial charge in [-0.2, -0.15) is 0 Å². The van der Waals surface area contributed by atoms with Gasteiger partial charge >= 0.3 is 0 Å². The van der Waals surface area contributed by atoms with Crippen LogP contribution < -0.4 is 21.3 Å². The highest BCUT2D eigenvalue weighted by atomic mass is 16.2. The number of likely N-dealkylation sites (tertiary alicyclic amines) is 1. The molecule has 52 heavy (non-hydrogen) atoms. The number of rotatable bonds is 17. The van der Waals surface area contributed by atoms with Gasteiger partial charge in [-0.05, 0) is 67.6 Å². The van der Waals surface area contributed by atoms with Crippen LogP contribution in [0.5, 0.6) is 0 Å². The number of hydrogen-bond acceptors (Lipinski definition) is 8. The number of ketones is 1. The molecule has 0 radical (unpaired) electrons. The first-order valence-corrected chi connectivity index (χ1v) is 19.8. The van der Waals surface area contributed by atoms with Gasteiger partial charge in [0, 0.05) is 38.2 Å². The topological polar surface area (TPSA) is 162 Å². The average molecular weight is 720 g/mol. The van der Waals surface area contributed by atoms with Gasteiger partial charge in [0.05, 0.1) is 17.8 Å². The van der Waals surface area contributed by atoms with Crippen molar-refractivity contribution in [2.45, 2.75) is 141 Å². The van der Waals surface area contributed by atoms with Crippen molar-refractivity contribution in [1.82, 2.24) is 36.1 Å². The van der Waals surface area contributed by atoms with Crippen LogP contribution in [0.25, 0.3) is 0 Å². The van der Waals surface area contributed by atoms with E-state index in [-0.39, 0.29) is 42.0 Å². The summed E-state index contributed by atoms with van der Waals surface area (Å²) in [5.41, 5.74) is 0.253. The van der Waals surface area contributed by atoms with Crippen molar-refractivity contribution in [3.8, 4) is 0 Å². The van der Waals surface area contributed by atoms with Crippen molar-refractivity contribution in [3.05, 3.63) is 36.9 Å². The van der Waals surface area contributed by atoms with Crippen LogP contribution in [0.1, 0.15) is 116 Å². The van der Waals surface area contributed by atoms with Gasteiger partial charge in [-0.3, -0.25) is 39.3 Å². The van der Waals surface area contributed by atoms with E-state index >= 15 is 4.79 Å². The molecular weight excluding hydrogens is 658 g/mol. The average Bonchev–Trinajstić information content (AvgIpc) is 3.85. The van der Waals surface area contributed by atoms with E-state index in [1.165, 1.54) is 6.08 Å². The second-order valence-corrected chi connectivity index (χ2v) is 16.5. The molecule has 1 aromatic heterocycles. The van der Waals surface area contributed by atoms with E-state index in [4.69, 9.17) is 0 Å². The Morgan fingerprint density at radius 3 is 2.31 bits per heavy atom. The Morgan fingerprint density at radius 2 is 1.67 bits per heavy atom. The third-order valence-electron chi connectivity index (χ3n) is 12.1. The SMILES string of the molecule is C=CCNC(=O)C(=O)C(CC1CC1)NC(=O)[C@@H]1C[C@@H](C(C)C)CN1C(=O)[C@@H](NC(=O)[C@@H](NCc1cnccn1)C1CCCCC1)C1(C)CCCCC1. The molecule has 2 heterocycles. The van der Waals surface area contributed by atoms with Crippen LogP contribution in [0.15, 0.2) is 31.2 Å². The van der Waals surface area contributed by atoms with Crippen LogP contribution >= 0.6 is 0 Å². The zero-order valence-electron chi connectivity index (χ0n) is 31.5. The van der Waals surface area contributed by atoms with Gasteiger partial charge < -0.3 is 20.9 Å². The molecule has 4 N–H and O–H groups in total. The molecule has 0 spiro atoms. The molecule has 12 heteroatoms. The third-order valence-corrected chi connectivity index (χ3v) is 12.1. The molecule has 1 aliphatic heterocycles. The van der Waals surface area contributed by atoms with Crippen LogP contribution in [-0.2, 0) is 30.5 Å². The number of aromatic nitrogens is 2. The number of nitrogens with one attached hydrogen (secondary N) is 4. The molecule has 5 rings (SSSR count). The molecule has 1 aromatic rings. The number of Topliss-reactive ketones (excluding diaryl/α,β-unsaturated/α-hetero) is 1. The smallest absolute Gasteiger partial charge is 0.289 e. The number of carbonyl (C=O) groups excluding carboxylic acids is 5. The lowest BCUT2D eigenvalue weighted by Crippen LogP contribution is -2.62. The quantitative estimate of drug-likeness (QED) is 0.139. The number of nitrogens with zero attached hydrogens (tertiary/aromatic N) is 3. The lowest BCUT2D eigenvalue weighted by molar-refractivity contribution is -0.146. The van der Waals surface area contributed by atoms with E-state index < -0.39 is 47.2 Å². The molecule has 286 valence electrons. The molecule has 3 aliphatic carbocycles. The molecule has 4 fully saturated rings. The Labute approximate surface area is 309 Å². The Balaban J connectivity index is 1.39. The zero-order valence-corrected chi connectivity index (χ0v) is 31.5. The maximum atomic E-state index is 15.0. The fourth-order valence-electron chi connectivity index (χ4n) is 8.60. The van der Waals surface area contributed by atoms with Gasteiger partial charge in [-0.25, -0.2) is 0 Å². The third kappa shape index (κ3) is 10.3. The summed E-state index contributed by atoms with van der Waals surface area (Å²) in [7, 11) is 0. The normalized spacial score (nSPS) is 23.7. The number of amides is 4. The van der Waals surface area contributed by atoms with Gasteiger partial charge in [0.15, 0.2) is 0 Å². The Morgan fingerprint density at radius 1 is 0.962 bits per heavy atom. The highest BCUT2D eigenvalue weighted by Crippen LogP contribution is 2.41. The standard InChI is InChI=1S/C40H61N7O5/c1-5-18-43-38(51)34(48)31(21-27-14-15-27)45-36(49)32-22-29(26(2)3)25-47(32)39(52)35(40(4)16-10-7-11-17-40)46-37(50)33(28-12-8-6-9-13-28)44-24-30-23-41-19-20-42-30/h5,19-20,23,26-29,31-33,35,44H,1,6-18,21-22,24-25H2,2-4H3,(H,43,51)(H,45,49)(H,46,50)/t29-,31?,32+,33+,35-/m1/s1. The van der Waals surface area contributed by atoms with Crippen molar-refractivity contribution < 1.29 is 24.0 Å². The first kappa shape index (κ1) is 39.5. The monoisotopic (exact) mass is 719 g/mol. The predicted octanol–water partition coefficient (Wildman–Crippen LogP) is 4.00. The van der Waals surface area contributed by atoms with Gasteiger partial charge in [-0.15, -0.1) is 6.58 Å². The van der Waals surface area contributed by atoms with E-state index in [0.717, 1.165) is 82.7 Å². The molecule has 0 aromatic carbocycles. The van der Waals surface area contributed by atoms with Crippen LogP contribution in [-0.4, -0.2) is 81.5 Å². The minimum absolute atomic E-state index is 0.0623. The van der Waals surface area contributed by atoms with Crippen LogP contribution in [0.2, 0.25) is 0 Å². The minimum atomic E-state index is -0.970. The highest BCUT2D eigenvalue weighted by molar-refractivity contribution is 6.38. The lowest BCUT2D eigenvalue weighted by atomic mass is 9.69. The highest BCUT2D eigenvalue weighted by Gasteiger charge is 2.49. The van der Waals surface area contributed by atoms with E-state index in [1.54, 1.807) is 23.5 Å². The van der Waals surface area contributed by atoms with E-state index in [9.17, 15) is 19.2 Å². The summed E-state index contributed by atoms with van der Waals surface area (Å²) in [6, 6.07) is -3.11.